The minimum Gasteiger partial charge on any atom is -0.480 e. The molecular formula is C11H17N3O2S2. The second-order valence-electron chi connectivity index (χ2n) is 4.22. The van der Waals surface area contributed by atoms with Gasteiger partial charge in [-0.2, -0.15) is 11.8 Å². The number of nitrogens with zero attached hydrogens (tertiary/aromatic N) is 2. The monoisotopic (exact) mass is 287 g/mol. The maximum absolute atomic E-state index is 10.8. The van der Waals surface area contributed by atoms with Crippen LogP contribution in [0.4, 0.5) is 5.13 Å². The van der Waals surface area contributed by atoms with Crippen LogP contribution in [0.2, 0.25) is 0 Å². The standard InChI is InChI=1S/C11H17N3O2S2/c1-2-7-5-14(3-4-17-7)11-13-8(6-18-11)9(12)10(15)16/h6-7,9H,2-5,12H2,1H3,(H,15,16). The number of carboxylic acids is 1. The van der Waals surface area contributed by atoms with Crippen LogP contribution in [0.1, 0.15) is 25.1 Å². The Morgan fingerprint density at radius 3 is 3.22 bits per heavy atom. The van der Waals surface area contributed by atoms with Crippen molar-refractivity contribution in [3.8, 4) is 0 Å². The maximum Gasteiger partial charge on any atom is 0.326 e. The number of hydrogen-bond donors (Lipinski definition) is 2. The van der Waals surface area contributed by atoms with Gasteiger partial charge >= 0.3 is 5.97 Å². The van der Waals surface area contributed by atoms with Crippen molar-refractivity contribution >= 4 is 34.2 Å². The second-order valence-corrected chi connectivity index (χ2v) is 6.46. The number of aliphatic carboxylic acids is 1. The highest BCUT2D eigenvalue weighted by atomic mass is 32.2. The molecule has 2 atom stereocenters. The number of anilines is 1. The highest BCUT2D eigenvalue weighted by Crippen LogP contribution is 2.29. The lowest BCUT2D eigenvalue weighted by atomic mass is 10.2. The van der Waals surface area contributed by atoms with Crippen molar-refractivity contribution in [2.24, 2.45) is 5.73 Å². The Kier molecular flexibility index (Phi) is 4.47. The fourth-order valence-corrected chi connectivity index (χ4v) is 3.91. The van der Waals surface area contributed by atoms with Crippen LogP contribution in [-0.4, -0.2) is 40.2 Å². The van der Waals surface area contributed by atoms with Crippen molar-refractivity contribution in [1.82, 2.24) is 4.98 Å². The molecule has 2 heterocycles. The van der Waals surface area contributed by atoms with E-state index in [4.69, 9.17) is 10.8 Å². The van der Waals surface area contributed by atoms with Gasteiger partial charge in [-0.3, -0.25) is 4.79 Å². The molecule has 0 bridgehead atoms. The van der Waals surface area contributed by atoms with Crippen molar-refractivity contribution in [3.63, 3.8) is 0 Å². The lowest BCUT2D eigenvalue weighted by Gasteiger charge is -2.31. The Morgan fingerprint density at radius 2 is 2.56 bits per heavy atom. The Balaban J connectivity index is 2.07. The van der Waals surface area contributed by atoms with E-state index in [0.29, 0.717) is 10.9 Å². The Bertz CT molecular complexity index is 424. The van der Waals surface area contributed by atoms with E-state index in [-0.39, 0.29) is 0 Å². The first kappa shape index (κ1) is 13.6. The van der Waals surface area contributed by atoms with Gasteiger partial charge in [-0.05, 0) is 6.42 Å². The number of thioether (sulfide) groups is 1. The average molecular weight is 287 g/mol. The molecule has 2 rings (SSSR count). The van der Waals surface area contributed by atoms with Crippen molar-refractivity contribution in [1.29, 1.82) is 0 Å². The number of carbonyl (C=O) groups is 1. The summed E-state index contributed by atoms with van der Waals surface area (Å²) in [6.45, 7) is 4.14. The maximum atomic E-state index is 10.8. The molecule has 0 aromatic carbocycles. The molecule has 2 unspecified atom stereocenters. The van der Waals surface area contributed by atoms with Gasteiger partial charge in [0, 0.05) is 29.5 Å². The SMILES string of the molecule is CCC1CN(c2nc(C(N)C(=O)O)cs2)CCS1. The molecule has 1 aliphatic heterocycles. The van der Waals surface area contributed by atoms with E-state index in [1.54, 1.807) is 5.38 Å². The first-order valence-electron chi connectivity index (χ1n) is 5.92. The predicted octanol–water partition coefficient (Wildman–Crippen LogP) is 1.56. The van der Waals surface area contributed by atoms with Crippen LogP contribution in [0, 0.1) is 0 Å². The van der Waals surface area contributed by atoms with E-state index < -0.39 is 12.0 Å². The van der Waals surface area contributed by atoms with Crippen LogP contribution in [0.25, 0.3) is 0 Å². The molecule has 1 aliphatic rings. The minimum absolute atomic E-state index is 0.453. The van der Waals surface area contributed by atoms with E-state index in [1.165, 1.54) is 11.3 Å². The van der Waals surface area contributed by atoms with E-state index in [2.05, 4.69) is 16.8 Å². The molecule has 1 fully saturated rings. The molecule has 3 N–H and O–H groups in total. The summed E-state index contributed by atoms with van der Waals surface area (Å²) in [5.41, 5.74) is 6.01. The van der Waals surface area contributed by atoms with Crippen LogP contribution >= 0.6 is 23.1 Å². The summed E-state index contributed by atoms with van der Waals surface area (Å²) in [7, 11) is 0. The Hall–Kier alpha value is -0.790. The lowest BCUT2D eigenvalue weighted by Crippen LogP contribution is -2.37. The zero-order chi connectivity index (χ0) is 13.1. The fourth-order valence-electron chi connectivity index (χ4n) is 1.83. The molecule has 7 heteroatoms. The van der Waals surface area contributed by atoms with Crippen molar-refractivity contribution in [3.05, 3.63) is 11.1 Å². The second kappa shape index (κ2) is 5.90. The molecule has 0 aliphatic carbocycles. The van der Waals surface area contributed by atoms with Crippen LogP contribution in [0.5, 0.6) is 0 Å². The zero-order valence-electron chi connectivity index (χ0n) is 10.2. The quantitative estimate of drug-likeness (QED) is 0.875. The van der Waals surface area contributed by atoms with Crippen LogP contribution < -0.4 is 10.6 Å². The normalized spacial score (nSPS) is 21.9. The molecular weight excluding hydrogens is 270 g/mol. The minimum atomic E-state index is -1.03. The van der Waals surface area contributed by atoms with Crippen LogP contribution in [-0.2, 0) is 4.79 Å². The summed E-state index contributed by atoms with van der Waals surface area (Å²) in [5, 5.41) is 12.1. The van der Waals surface area contributed by atoms with Gasteiger partial charge < -0.3 is 15.7 Å². The zero-order valence-corrected chi connectivity index (χ0v) is 11.8. The van der Waals surface area contributed by atoms with E-state index in [1.807, 2.05) is 11.8 Å². The first-order chi connectivity index (χ1) is 8.61. The predicted molar refractivity (Wildman–Crippen MR) is 75.4 cm³/mol. The van der Waals surface area contributed by atoms with Gasteiger partial charge in [0.05, 0.1) is 5.69 Å². The topological polar surface area (TPSA) is 79.5 Å². The fraction of sp³-hybridized carbons (Fsp3) is 0.636. The van der Waals surface area contributed by atoms with Gasteiger partial charge in [-0.15, -0.1) is 11.3 Å². The largest absolute Gasteiger partial charge is 0.480 e. The van der Waals surface area contributed by atoms with Gasteiger partial charge in [0.1, 0.15) is 6.04 Å². The third kappa shape index (κ3) is 2.96. The van der Waals surface area contributed by atoms with Crippen molar-refractivity contribution in [2.45, 2.75) is 24.6 Å². The summed E-state index contributed by atoms with van der Waals surface area (Å²) >= 11 is 3.47. The van der Waals surface area contributed by atoms with E-state index in [9.17, 15) is 4.79 Å². The molecule has 1 aromatic rings. The smallest absolute Gasteiger partial charge is 0.326 e. The third-order valence-electron chi connectivity index (χ3n) is 2.96. The van der Waals surface area contributed by atoms with Crippen LogP contribution in [0.3, 0.4) is 0 Å². The van der Waals surface area contributed by atoms with Gasteiger partial charge in [0.15, 0.2) is 5.13 Å². The summed E-state index contributed by atoms with van der Waals surface area (Å²) < 4.78 is 0. The molecule has 5 nitrogen and oxygen atoms in total. The first-order valence-corrected chi connectivity index (χ1v) is 7.85. The van der Waals surface area contributed by atoms with Gasteiger partial charge in [0.25, 0.3) is 0 Å². The lowest BCUT2D eigenvalue weighted by molar-refractivity contribution is -0.138. The molecule has 0 saturated carbocycles. The summed E-state index contributed by atoms with van der Waals surface area (Å²) in [5.74, 6) is 0.0609. The Morgan fingerprint density at radius 1 is 1.78 bits per heavy atom. The number of thiazole rings is 1. The summed E-state index contributed by atoms with van der Waals surface area (Å²) in [4.78, 5) is 17.4. The molecule has 0 spiro atoms. The third-order valence-corrected chi connectivity index (χ3v) is 5.25. The molecule has 1 saturated heterocycles. The van der Waals surface area contributed by atoms with Gasteiger partial charge in [-0.25, -0.2) is 4.98 Å². The van der Waals surface area contributed by atoms with Crippen molar-refractivity contribution in [2.75, 3.05) is 23.7 Å². The number of nitrogens with two attached hydrogens (primary N) is 1. The number of aromatic nitrogens is 1. The van der Waals surface area contributed by atoms with Gasteiger partial charge in [0.2, 0.25) is 0 Å². The Labute approximate surface area is 114 Å². The molecule has 0 radical (unpaired) electrons. The molecule has 18 heavy (non-hydrogen) atoms. The number of hydrogen-bond acceptors (Lipinski definition) is 6. The molecule has 100 valence electrons. The summed E-state index contributed by atoms with van der Waals surface area (Å²) in [6, 6.07) is -1.02. The highest BCUT2D eigenvalue weighted by molar-refractivity contribution is 8.00. The molecule has 1 aromatic heterocycles. The highest BCUT2D eigenvalue weighted by Gasteiger charge is 2.23. The molecule has 0 amide bonds. The van der Waals surface area contributed by atoms with Crippen molar-refractivity contribution < 1.29 is 9.90 Å². The average Bonchev–Trinajstić information content (AvgIpc) is 2.87. The van der Waals surface area contributed by atoms with E-state index in [0.717, 1.165) is 30.4 Å². The van der Waals surface area contributed by atoms with E-state index >= 15 is 0 Å². The van der Waals surface area contributed by atoms with Gasteiger partial charge in [-0.1, -0.05) is 6.92 Å². The number of rotatable bonds is 4. The summed E-state index contributed by atoms with van der Waals surface area (Å²) in [6.07, 6.45) is 1.15. The van der Waals surface area contributed by atoms with Crippen LogP contribution in [0.15, 0.2) is 5.38 Å². The number of carboxylic acid groups (broad SMARTS) is 1.